The van der Waals surface area contributed by atoms with Crippen LogP contribution in [0.1, 0.15) is 65.7 Å². The highest BCUT2D eigenvalue weighted by molar-refractivity contribution is 7.69. The van der Waals surface area contributed by atoms with Crippen LogP contribution in [0, 0.1) is 13.3 Å². The molecular weight excluding hydrogens is 438 g/mol. The number of aryl methyl sites for hydroxylation is 1. The summed E-state index contributed by atoms with van der Waals surface area (Å²) in [4.78, 5) is 17.6. The van der Waals surface area contributed by atoms with Crippen LogP contribution in [0.2, 0.25) is 0 Å². The van der Waals surface area contributed by atoms with E-state index >= 15 is 0 Å². The second-order valence-corrected chi connectivity index (χ2v) is 9.56. The third kappa shape index (κ3) is 5.12. The highest BCUT2D eigenvalue weighted by Gasteiger charge is 2.31. The van der Waals surface area contributed by atoms with Gasteiger partial charge in [0.1, 0.15) is 5.76 Å². The molecule has 8 heteroatoms. The largest absolute Gasteiger partial charge is 0.437 e. The molecule has 4 rings (SSSR count). The van der Waals surface area contributed by atoms with E-state index in [1.165, 1.54) is 4.31 Å². The summed E-state index contributed by atoms with van der Waals surface area (Å²) >= 11 is 0. The number of aromatic nitrogens is 1. The van der Waals surface area contributed by atoms with Gasteiger partial charge in [-0.05, 0) is 50.2 Å². The third-order valence-electron chi connectivity index (χ3n) is 6.02. The fourth-order valence-electron chi connectivity index (χ4n) is 4.04. The summed E-state index contributed by atoms with van der Waals surface area (Å²) in [5.41, 5.74) is 4.43. The molecule has 2 heterocycles. The first-order valence-corrected chi connectivity index (χ1v) is 12.5. The molecule has 0 atom stereocenters. The zero-order valence-electron chi connectivity index (χ0n) is 19.3. The number of nitrogens with one attached hydrogen (secondary N) is 1. The van der Waals surface area contributed by atoms with Crippen LogP contribution in [-0.2, 0) is 17.4 Å². The van der Waals surface area contributed by atoms with Crippen LogP contribution in [-0.4, -0.2) is 37.2 Å². The zero-order valence-corrected chi connectivity index (χ0v) is 20.2. The number of benzene rings is 1. The van der Waals surface area contributed by atoms with E-state index in [1.54, 1.807) is 7.05 Å². The maximum absolute atomic E-state index is 12.9. The molecule has 1 N–H and O–H groups in total. The van der Waals surface area contributed by atoms with E-state index < -0.39 is 10.9 Å². The van der Waals surface area contributed by atoms with Gasteiger partial charge in [0.2, 0.25) is 16.6 Å². The number of carbonyl (C=O) groups excluding carboxylic acids is 1. The van der Waals surface area contributed by atoms with E-state index in [9.17, 15) is 13.2 Å². The first-order chi connectivity index (χ1) is 15.9. The molecule has 1 aliphatic carbocycles. The molecule has 0 aliphatic heterocycles. The Bertz CT molecular complexity index is 1220. The monoisotopic (exact) mass is 468 g/mol. The fourth-order valence-corrected chi connectivity index (χ4v) is 4.57. The number of thiol groups is 1. The van der Waals surface area contributed by atoms with Crippen molar-refractivity contribution in [1.29, 1.82) is 0 Å². The van der Waals surface area contributed by atoms with Crippen molar-refractivity contribution in [2.45, 2.75) is 52.0 Å². The lowest BCUT2D eigenvalue weighted by Crippen LogP contribution is -2.24. The number of amides is 1. The summed E-state index contributed by atoms with van der Waals surface area (Å²) < 4.78 is 31.4. The number of unbranched alkanes of at least 4 members (excludes halogenated alkanes) is 2. The summed E-state index contributed by atoms with van der Waals surface area (Å²) in [6.07, 6.45) is 5.73. The minimum atomic E-state index is -2.73. The molecular formula is C25H30N3O4S. The molecule has 3 aromatic rings. The maximum atomic E-state index is 12.9. The molecule has 0 unspecified atom stereocenters. The van der Waals surface area contributed by atoms with Gasteiger partial charge >= 0.3 is 0 Å². The van der Waals surface area contributed by atoms with Gasteiger partial charge in [0.15, 0.2) is 0 Å². The van der Waals surface area contributed by atoms with Crippen molar-refractivity contribution in [3.63, 3.8) is 0 Å². The Hall–Kier alpha value is -2.71. The Kier molecular flexibility index (Phi) is 7.14. The topological polar surface area (TPSA) is 92.5 Å². The van der Waals surface area contributed by atoms with Gasteiger partial charge in [0, 0.05) is 19.2 Å². The number of hydrogen-bond donors (Lipinski definition) is 2. The highest BCUT2D eigenvalue weighted by atomic mass is 32.2. The smallest absolute Gasteiger partial charge is 0.255 e. The van der Waals surface area contributed by atoms with E-state index in [0.29, 0.717) is 47.0 Å². The number of nitrogens with zero attached hydrogens (tertiary/aromatic N) is 2. The number of carbonyl (C=O) groups is 1. The summed E-state index contributed by atoms with van der Waals surface area (Å²) in [5.74, 6) is 0.570. The van der Waals surface area contributed by atoms with E-state index in [0.717, 1.165) is 36.0 Å². The van der Waals surface area contributed by atoms with Gasteiger partial charge in [-0.3, -0.25) is 4.79 Å². The summed E-state index contributed by atoms with van der Waals surface area (Å²) in [7, 11) is -1.14. The van der Waals surface area contributed by atoms with Crippen LogP contribution >= 0.6 is 0 Å². The third-order valence-corrected chi connectivity index (χ3v) is 6.83. The van der Waals surface area contributed by atoms with Gasteiger partial charge in [0.25, 0.3) is 5.91 Å². The van der Waals surface area contributed by atoms with Crippen molar-refractivity contribution in [3.8, 4) is 11.3 Å². The lowest BCUT2D eigenvalue weighted by Gasteiger charge is -2.16. The highest BCUT2D eigenvalue weighted by Crippen LogP contribution is 2.44. The lowest BCUT2D eigenvalue weighted by molar-refractivity contribution is 0.0964. The number of rotatable bonds is 10. The summed E-state index contributed by atoms with van der Waals surface area (Å²) in [5, 5.41) is 3.38. The summed E-state index contributed by atoms with van der Waals surface area (Å²) in [6, 6.07) is 9.78. The van der Waals surface area contributed by atoms with Gasteiger partial charge in [-0.1, -0.05) is 43.2 Å². The van der Waals surface area contributed by atoms with Crippen molar-refractivity contribution in [3.05, 3.63) is 59.1 Å². The molecule has 2 aromatic heterocycles. The van der Waals surface area contributed by atoms with Crippen molar-refractivity contribution in [2.75, 3.05) is 13.6 Å². The summed E-state index contributed by atoms with van der Waals surface area (Å²) in [6.45, 7) is 4.66. The molecule has 175 valence electrons. The Balaban J connectivity index is 1.82. The van der Waals surface area contributed by atoms with Crippen LogP contribution < -0.4 is 5.32 Å². The van der Waals surface area contributed by atoms with Gasteiger partial charge in [-0.15, -0.1) is 0 Å². The van der Waals surface area contributed by atoms with Crippen molar-refractivity contribution >= 4 is 27.9 Å². The predicted octanol–water partition coefficient (Wildman–Crippen LogP) is 4.37. The first-order valence-electron chi connectivity index (χ1n) is 11.4. The minimum absolute atomic E-state index is 0.202. The quantitative estimate of drug-likeness (QED) is 0.340. The van der Waals surface area contributed by atoms with E-state index in [-0.39, 0.29) is 12.5 Å². The molecule has 0 saturated heterocycles. The second-order valence-electron chi connectivity index (χ2n) is 8.51. The standard InChI is InChI=1S/C25H30N3O4S/c1-4-5-6-13-28(33(30)31)15-21-19(17-11-12-17)14-20-22(24(29)26-3)23(32-25(20)27-21)18-9-7-16(2)8-10-18/h5,7-10,14,17,33H,4,6,11-13,15H2,1-3H3,(H,26,29). The maximum Gasteiger partial charge on any atom is 0.255 e. The number of hydrogen-bond acceptors (Lipinski definition) is 5. The molecule has 1 fully saturated rings. The Morgan fingerprint density at radius 2 is 2.00 bits per heavy atom. The average Bonchev–Trinajstić information content (AvgIpc) is 3.58. The minimum Gasteiger partial charge on any atom is -0.437 e. The van der Waals surface area contributed by atoms with Crippen LogP contribution in [0.25, 0.3) is 22.4 Å². The Morgan fingerprint density at radius 1 is 1.27 bits per heavy atom. The average molecular weight is 469 g/mol. The number of fused-ring (bicyclic) bond motifs is 1. The molecule has 1 aliphatic rings. The molecule has 1 amide bonds. The van der Waals surface area contributed by atoms with Gasteiger partial charge in [-0.25, -0.2) is 13.4 Å². The zero-order chi connectivity index (χ0) is 23.5. The Labute approximate surface area is 196 Å². The van der Waals surface area contributed by atoms with Gasteiger partial charge < -0.3 is 9.73 Å². The predicted molar refractivity (Wildman–Crippen MR) is 129 cm³/mol. The molecule has 0 spiro atoms. The van der Waals surface area contributed by atoms with Crippen molar-refractivity contribution in [2.24, 2.45) is 0 Å². The van der Waals surface area contributed by atoms with Crippen molar-refractivity contribution < 1.29 is 17.6 Å². The van der Waals surface area contributed by atoms with E-state index in [1.807, 2.05) is 44.2 Å². The molecule has 33 heavy (non-hydrogen) atoms. The van der Waals surface area contributed by atoms with E-state index in [4.69, 9.17) is 9.40 Å². The molecule has 7 nitrogen and oxygen atoms in total. The number of furan rings is 1. The fraction of sp³-hybridized carbons (Fsp3) is 0.400. The first kappa shape index (κ1) is 23.4. The second kappa shape index (κ2) is 10.1. The van der Waals surface area contributed by atoms with Gasteiger partial charge in [-0.2, -0.15) is 4.31 Å². The normalized spacial score (nSPS) is 13.8. The van der Waals surface area contributed by atoms with E-state index in [2.05, 4.69) is 11.7 Å². The Morgan fingerprint density at radius 3 is 2.61 bits per heavy atom. The molecule has 1 saturated carbocycles. The molecule has 0 bridgehead atoms. The van der Waals surface area contributed by atoms with Crippen LogP contribution in [0.3, 0.4) is 0 Å². The molecule has 1 radical (unpaired) electrons. The van der Waals surface area contributed by atoms with Crippen LogP contribution in [0.15, 0.2) is 34.7 Å². The van der Waals surface area contributed by atoms with Crippen LogP contribution in [0.4, 0.5) is 0 Å². The lowest BCUT2D eigenvalue weighted by atomic mass is 10.0. The van der Waals surface area contributed by atoms with Gasteiger partial charge in [0.05, 0.1) is 23.2 Å². The SMILES string of the molecule is CC[CH]CCN(Cc1nc2oc(-c3ccc(C)cc3)c(C(=O)NC)c2cc1C1CC1)[SH](=O)=O. The van der Waals surface area contributed by atoms with Crippen molar-refractivity contribution in [1.82, 2.24) is 14.6 Å². The number of pyridine rings is 1. The van der Waals surface area contributed by atoms with Crippen LogP contribution in [0.5, 0.6) is 0 Å². The molecule has 1 aromatic carbocycles.